The van der Waals surface area contributed by atoms with Gasteiger partial charge in [0.1, 0.15) is 0 Å². The molecule has 2 saturated heterocycles. The van der Waals surface area contributed by atoms with Gasteiger partial charge in [0.25, 0.3) is 5.91 Å². The summed E-state index contributed by atoms with van der Waals surface area (Å²) < 4.78 is 0. The molecule has 2 aromatic rings. The fourth-order valence-corrected chi connectivity index (χ4v) is 4.75. The summed E-state index contributed by atoms with van der Waals surface area (Å²) in [4.78, 5) is 30.1. The largest absolute Gasteiger partial charge is 0.359 e. The van der Waals surface area contributed by atoms with E-state index in [-0.39, 0.29) is 24.3 Å². The molecular weight excluding hydrogens is 421 g/mol. The van der Waals surface area contributed by atoms with Crippen molar-refractivity contribution in [2.45, 2.75) is 12.5 Å². The van der Waals surface area contributed by atoms with Crippen LogP contribution in [0.1, 0.15) is 6.42 Å². The van der Waals surface area contributed by atoms with Crippen molar-refractivity contribution in [3.8, 4) is 0 Å². The minimum atomic E-state index is -0.376. The molecule has 2 aliphatic heterocycles. The first-order valence-electron chi connectivity index (χ1n) is 9.11. The Balaban J connectivity index is 1.47. The van der Waals surface area contributed by atoms with E-state index in [4.69, 9.17) is 34.8 Å². The summed E-state index contributed by atoms with van der Waals surface area (Å²) in [6.07, 6.45) is 0.199. The van der Waals surface area contributed by atoms with Crippen LogP contribution in [0.25, 0.3) is 0 Å². The van der Waals surface area contributed by atoms with Gasteiger partial charge in [0.15, 0.2) is 6.04 Å². The smallest absolute Gasteiger partial charge is 0.292 e. The lowest BCUT2D eigenvalue weighted by molar-refractivity contribution is -0.915. The van der Waals surface area contributed by atoms with Crippen LogP contribution in [0.5, 0.6) is 0 Å². The van der Waals surface area contributed by atoms with Crippen LogP contribution in [-0.4, -0.2) is 44.0 Å². The minimum Gasteiger partial charge on any atom is -0.359 e. The average Bonchev–Trinajstić information content (AvgIpc) is 2.96. The third kappa shape index (κ3) is 3.72. The monoisotopic (exact) mass is 438 g/mol. The molecule has 0 unspecified atom stereocenters. The first-order valence-corrected chi connectivity index (χ1v) is 10.2. The van der Waals surface area contributed by atoms with Crippen molar-refractivity contribution in [2.75, 3.05) is 36.0 Å². The van der Waals surface area contributed by atoms with Crippen molar-refractivity contribution in [3.63, 3.8) is 0 Å². The van der Waals surface area contributed by atoms with Crippen molar-refractivity contribution in [2.24, 2.45) is 0 Å². The molecule has 0 radical (unpaired) electrons. The molecule has 0 saturated carbocycles. The van der Waals surface area contributed by atoms with Crippen LogP contribution >= 0.6 is 34.8 Å². The predicted molar refractivity (Wildman–Crippen MR) is 112 cm³/mol. The summed E-state index contributed by atoms with van der Waals surface area (Å²) >= 11 is 18.4. The zero-order valence-electron chi connectivity index (χ0n) is 15.0. The number of benzene rings is 2. The van der Waals surface area contributed by atoms with E-state index in [1.165, 1.54) is 4.90 Å². The maximum absolute atomic E-state index is 13.0. The first kappa shape index (κ1) is 19.5. The van der Waals surface area contributed by atoms with E-state index in [1.54, 1.807) is 18.2 Å². The summed E-state index contributed by atoms with van der Waals surface area (Å²) in [6.45, 7) is 3.08. The molecule has 2 heterocycles. The quantitative estimate of drug-likeness (QED) is 0.748. The second kappa shape index (κ2) is 7.91. The first-order chi connectivity index (χ1) is 13.4. The molecule has 0 bridgehead atoms. The second-order valence-corrected chi connectivity index (χ2v) is 8.33. The molecule has 2 aromatic carbocycles. The van der Waals surface area contributed by atoms with Gasteiger partial charge < -0.3 is 9.80 Å². The number of nitrogens with zero attached hydrogens (tertiary/aromatic N) is 2. The topological polar surface area (TPSA) is 45.1 Å². The van der Waals surface area contributed by atoms with Gasteiger partial charge in [-0.3, -0.25) is 9.59 Å². The molecule has 0 spiro atoms. The lowest BCUT2D eigenvalue weighted by Crippen LogP contribution is -3.19. The van der Waals surface area contributed by atoms with Crippen molar-refractivity contribution >= 4 is 58.0 Å². The molecule has 28 heavy (non-hydrogen) atoms. The van der Waals surface area contributed by atoms with E-state index in [0.717, 1.165) is 41.8 Å². The number of carbonyl (C=O) groups is 2. The molecule has 5 nitrogen and oxygen atoms in total. The van der Waals surface area contributed by atoms with Crippen molar-refractivity contribution in [1.29, 1.82) is 0 Å². The highest BCUT2D eigenvalue weighted by Gasteiger charge is 2.46. The average molecular weight is 440 g/mol. The Morgan fingerprint density at radius 1 is 0.929 bits per heavy atom. The SMILES string of the molecule is O=C1C[C@@H]([NH+]2CCN(c3ccccc3Cl)CC2)C(=O)N1c1cc(Cl)cc(Cl)c1. The number of piperazine rings is 1. The Hall–Kier alpha value is -1.79. The third-order valence-electron chi connectivity index (χ3n) is 5.34. The number of halogens is 3. The Labute approximate surface area is 178 Å². The number of carbonyl (C=O) groups excluding carboxylic acids is 2. The Bertz CT molecular complexity index is 908. The Kier molecular flexibility index (Phi) is 5.52. The number of para-hydroxylation sites is 1. The summed E-state index contributed by atoms with van der Waals surface area (Å²) in [5, 5.41) is 1.52. The minimum absolute atomic E-state index is 0.190. The van der Waals surface area contributed by atoms with Gasteiger partial charge in [-0.15, -0.1) is 0 Å². The molecule has 2 aliphatic rings. The van der Waals surface area contributed by atoms with Gasteiger partial charge >= 0.3 is 0 Å². The van der Waals surface area contributed by atoms with Crippen LogP contribution in [0, 0.1) is 0 Å². The van der Waals surface area contributed by atoms with Gasteiger partial charge in [0, 0.05) is 10.0 Å². The van der Waals surface area contributed by atoms with Gasteiger partial charge in [-0.2, -0.15) is 0 Å². The number of amides is 2. The van der Waals surface area contributed by atoms with Gasteiger partial charge in [-0.05, 0) is 30.3 Å². The molecule has 1 atom stereocenters. The number of anilines is 2. The van der Waals surface area contributed by atoms with Crippen LogP contribution in [0.15, 0.2) is 42.5 Å². The fourth-order valence-electron chi connectivity index (χ4n) is 3.98. The highest BCUT2D eigenvalue weighted by Crippen LogP contribution is 2.29. The van der Waals surface area contributed by atoms with Gasteiger partial charge in [-0.25, -0.2) is 4.90 Å². The van der Waals surface area contributed by atoms with E-state index in [2.05, 4.69) is 4.90 Å². The van der Waals surface area contributed by atoms with Crippen LogP contribution in [0.3, 0.4) is 0 Å². The summed E-state index contributed by atoms with van der Waals surface area (Å²) in [5.74, 6) is -0.404. The van der Waals surface area contributed by atoms with Gasteiger partial charge in [0.2, 0.25) is 5.91 Å². The van der Waals surface area contributed by atoms with Crippen LogP contribution < -0.4 is 14.7 Å². The van der Waals surface area contributed by atoms with E-state index in [0.29, 0.717) is 15.7 Å². The van der Waals surface area contributed by atoms with Gasteiger partial charge in [-0.1, -0.05) is 46.9 Å². The highest BCUT2D eigenvalue weighted by atomic mass is 35.5. The van der Waals surface area contributed by atoms with E-state index >= 15 is 0 Å². The lowest BCUT2D eigenvalue weighted by Gasteiger charge is -2.36. The number of hydrogen-bond donors (Lipinski definition) is 1. The van der Waals surface area contributed by atoms with Crippen molar-refractivity contribution in [3.05, 3.63) is 57.5 Å². The van der Waals surface area contributed by atoms with Crippen molar-refractivity contribution < 1.29 is 14.5 Å². The number of rotatable bonds is 3. The maximum Gasteiger partial charge on any atom is 0.292 e. The van der Waals surface area contributed by atoms with E-state index < -0.39 is 0 Å². The number of nitrogens with one attached hydrogen (secondary N) is 1. The van der Waals surface area contributed by atoms with Crippen LogP contribution in [0.2, 0.25) is 15.1 Å². The zero-order chi connectivity index (χ0) is 19.8. The molecule has 146 valence electrons. The number of imide groups is 1. The third-order valence-corrected chi connectivity index (χ3v) is 6.10. The zero-order valence-corrected chi connectivity index (χ0v) is 17.3. The predicted octanol–water partition coefficient (Wildman–Crippen LogP) is 2.68. The molecule has 2 fully saturated rings. The summed E-state index contributed by atoms with van der Waals surface area (Å²) in [5.41, 5.74) is 1.44. The van der Waals surface area contributed by atoms with E-state index in [1.807, 2.05) is 24.3 Å². The van der Waals surface area contributed by atoms with Gasteiger partial charge in [0.05, 0.1) is 49.0 Å². The number of quaternary nitrogens is 1. The summed E-state index contributed by atoms with van der Waals surface area (Å²) in [7, 11) is 0. The molecule has 2 amide bonds. The molecule has 1 N–H and O–H groups in total. The number of hydrogen-bond acceptors (Lipinski definition) is 3. The van der Waals surface area contributed by atoms with Crippen LogP contribution in [0.4, 0.5) is 11.4 Å². The van der Waals surface area contributed by atoms with E-state index in [9.17, 15) is 9.59 Å². The fraction of sp³-hybridized carbons (Fsp3) is 0.300. The highest BCUT2D eigenvalue weighted by molar-refractivity contribution is 6.35. The maximum atomic E-state index is 13.0. The normalized spacial score (nSPS) is 20.9. The second-order valence-electron chi connectivity index (χ2n) is 7.05. The van der Waals surface area contributed by atoms with Crippen molar-refractivity contribution in [1.82, 2.24) is 0 Å². The Morgan fingerprint density at radius 2 is 1.57 bits per heavy atom. The Morgan fingerprint density at radius 3 is 2.21 bits per heavy atom. The molecule has 4 rings (SSSR count). The molecule has 8 heteroatoms. The molecular formula is C20H19Cl3N3O2+. The van der Waals surface area contributed by atoms with Crippen LogP contribution in [-0.2, 0) is 9.59 Å². The summed E-state index contributed by atoms with van der Waals surface area (Å²) in [6, 6.07) is 12.1. The lowest BCUT2D eigenvalue weighted by atomic mass is 10.1. The molecule has 0 aliphatic carbocycles. The molecule has 0 aromatic heterocycles. The standard InChI is InChI=1S/C20H18Cl3N3O2/c21-13-9-14(22)11-15(10-13)26-19(27)12-18(20(26)28)25-7-5-24(6-8-25)17-4-2-1-3-16(17)23/h1-4,9-11,18H,5-8,12H2/p+1/t18-/m1/s1.